The van der Waals surface area contributed by atoms with Crippen LogP contribution >= 0.6 is 7.60 Å². The standard InChI is InChI=1S/C18H16F6NO3P/c1-25-14-8-4-2-6-12(14)16(13-7-3-5-9-15(13)25)29(26,27-10-17(19,20)21)28-11-18(22,23)24/h2-9,16H,10-11H2,1H3. The number of anilines is 2. The zero-order chi connectivity index (χ0) is 21.4. The normalized spacial score (nSPS) is 15.2. The Morgan fingerprint density at radius 3 is 1.59 bits per heavy atom. The first-order valence-electron chi connectivity index (χ1n) is 8.35. The first-order chi connectivity index (χ1) is 13.4. The molecule has 158 valence electrons. The Hall–Kier alpha value is -2.03. The van der Waals surface area contributed by atoms with Crippen LogP contribution in [-0.4, -0.2) is 32.6 Å². The van der Waals surface area contributed by atoms with Gasteiger partial charge in [-0.2, -0.15) is 26.3 Å². The van der Waals surface area contributed by atoms with Crippen molar-refractivity contribution in [2.24, 2.45) is 0 Å². The van der Waals surface area contributed by atoms with Crippen molar-refractivity contribution in [3.05, 3.63) is 59.7 Å². The summed E-state index contributed by atoms with van der Waals surface area (Å²) in [5.74, 6) is 0. The van der Waals surface area contributed by atoms with Crippen molar-refractivity contribution in [2.75, 3.05) is 25.2 Å². The van der Waals surface area contributed by atoms with E-state index in [0.29, 0.717) is 11.4 Å². The summed E-state index contributed by atoms with van der Waals surface area (Å²) in [5.41, 5.74) is 0.00356. The molecule has 0 radical (unpaired) electrons. The molecule has 0 N–H and O–H groups in total. The lowest BCUT2D eigenvalue weighted by molar-refractivity contribution is -0.165. The van der Waals surface area contributed by atoms with E-state index in [4.69, 9.17) is 0 Å². The fourth-order valence-electron chi connectivity index (χ4n) is 3.20. The highest BCUT2D eigenvalue weighted by molar-refractivity contribution is 7.54. The van der Waals surface area contributed by atoms with Gasteiger partial charge in [0.1, 0.15) is 5.66 Å². The molecule has 1 aliphatic heterocycles. The number of benzene rings is 2. The van der Waals surface area contributed by atoms with Gasteiger partial charge in [0.15, 0.2) is 13.2 Å². The van der Waals surface area contributed by atoms with Crippen LogP contribution in [0.4, 0.5) is 37.7 Å². The summed E-state index contributed by atoms with van der Waals surface area (Å²) < 4.78 is 99.1. The second-order valence-corrected chi connectivity index (χ2v) is 8.51. The Kier molecular flexibility index (Phi) is 5.73. The molecule has 2 aromatic carbocycles. The van der Waals surface area contributed by atoms with Crippen LogP contribution in [0.15, 0.2) is 48.5 Å². The van der Waals surface area contributed by atoms with E-state index in [2.05, 4.69) is 9.05 Å². The van der Waals surface area contributed by atoms with Gasteiger partial charge in [-0.3, -0.25) is 13.6 Å². The van der Waals surface area contributed by atoms with Crippen LogP contribution < -0.4 is 4.90 Å². The second kappa shape index (κ2) is 7.66. The third kappa shape index (κ3) is 4.76. The number of alkyl halides is 6. The molecular formula is C18H16F6NO3P. The molecule has 0 saturated heterocycles. The highest BCUT2D eigenvalue weighted by Gasteiger charge is 2.48. The highest BCUT2D eigenvalue weighted by Crippen LogP contribution is 2.68. The minimum Gasteiger partial charge on any atom is -0.344 e. The first kappa shape index (κ1) is 21.7. The topological polar surface area (TPSA) is 38.8 Å². The van der Waals surface area contributed by atoms with Gasteiger partial charge in [0.2, 0.25) is 0 Å². The van der Waals surface area contributed by atoms with E-state index >= 15 is 0 Å². The average Bonchev–Trinajstić information content (AvgIpc) is 2.64. The van der Waals surface area contributed by atoms with Gasteiger partial charge in [-0.25, -0.2) is 0 Å². The molecule has 3 rings (SSSR count). The zero-order valence-corrected chi connectivity index (χ0v) is 15.9. The summed E-state index contributed by atoms with van der Waals surface area (Å²) in [6.07, 6.45) is -9.80. The number of hydrogen-bond acceptors (Lipinski definition) is 4. The fourth-order valence-corrected chi connectivity index (χ4v) is 5.34. The van der Waals surface area contributed by atoms with E-state index in [1.54, 1.807) is 48.3 Å². The number of nitrogens with zero attached hydrogens (tertiary/aromatic N) is 1. The molecule has 0 unspecified atom stereocenters. The molecule has 2 aromatic rings. The minimum absolute atomic E-state index is 0.251. The summed E-state index contributed by atoms with van der Waals surface area (Å²) >= 11 is 0. The Morgan fingerprint density at radius 1 is 0.828 bits per heavy atom. The van der Waals surface area contributed by atoms with E-state index in [-0.39, 0.29) is 11.1 Å². The van der Waals surface area contributed by atoms with Crippen molar-refractivity contribution in [3.63, 3.8) is 0 Å². The van der Waals surface area contributed by atoms with Crippen molar-refractivity contribution in [1.82, 2.24) is 0 Å². The first-order valence-corrected chi connectivity index (χ1v) is 9.96. The van der Waals surface area contributed by atoms with Crippen molar-refractivity contribution in [3.8, 4) is 0 Å². The molecule has 0 spiro atoms. The van der Waals surface area contributed by atoms with E-state index in [1.807, 2.05) is 0 Å². The van der Waals surface area contributed by atoms with Crippen LogP contribution in [0.5, 0.6) is 0 Å². The van der Waals surface area contributed by atoms with Gasteiger partial charge in [0.25, 0.3) is 0 Å². The van der Waals surface area contributed by atoms with Crippen molar-refractivity contribution in [1.29, 1.82) is 0 Å². The summed E-state index contributed by atoms with van der Waals surface area (Å²) in [7, 11) is -3.26. The van der Waals surface area contributed by atoms with E-state index in [9.17, 15) is 30.9 Å². The molecule has 0 aromatic heterocycles. The molecule has 4 nitrogen and oxygen atoms in total. The number of hydrogen-bond donors (Lipinski definition) is 0. The molecule has 0 bridgehead atoms. The van der Waals surface area contributed by atoms with Crippen molar-refractivity contribution in [2.45, 2.75) is 18.0 Å². The Balaban J connectivity index is 2.14. The molecule has 11 heteroatoms. The second-order valence-electron chi connectivity index (χ2n) is 6.40. The summed E-state index contributed by atoms with van der Waals surface area (Å²) in [5, 5.41) is 0. The number of rotatable bonds is 5. The van der Waals surface area contributed by atoms with Gasteiger partial charge in [0.05, 0.1) is 0 Å². The zero-order valence-electron chi connectivity index (χ0n) is 15.0. The Bertz CT molecular complexity index is 861. The van der Waals surface area contributed by atoms with Crippen LogP contribution in [0.25, 0.3) is 0 Å². The average molecular weight is 439 g/mol. The number of fused-ring (bicyclic) bond motifs is 2. The Labute approximate surface area is 162 Å². The summed E-state index contributed by atoms with van der Waals surface area (Å²) in [6, 6.07) is 12.6. The molecule has 29 heavy (non-hydrogen) atoms. The minimum atomic E-state index is -4.95. The predicted octanol–water partition coefficient (Wildman–Crippen LogP) is 6.21. The third-order valence-electron chi connectivity index (χ3n) is 4.32. The van der Waals surface area contributed by atoms with Gasteiger partial charge in [0, 0.05) is 18.4 Å². The summed E-state index contributed by atoms with van der Waals surface area (Å²) in [6.45, 7) is -4.00. The van der Waals surface area contributed by atoms with Crippen LogP contribution in [0.1, 0.15) is 16.8 Å². The van der Waals surface area contributed by atoms with Crippen molar-refractivity contribution < 1.29 is 40.0 Å². The van der Waals surface area contributed by atoms with Crippen LogP contribution in [0.2, 0.25) is 0 Å². The third-order valence-corrected chi connectivity index (χ3v) is 6.48. The Morgan fingerprint density at radius 2 is 1.21 bits per heavy atom. The largest absolute Gasteiger partial charge is 0.412 e. The number of halogens is 6. The fraction of sp³-hybridized carbons (Fsp3) is 0.333. The molecule has 0 fully saturated rings. The van der Waals surface area contributed by atoms with Gasteiger partial charge in [-0.05, 0) is 23.3 Å². The lowest BCUT2D eigenvalue weighted by Gasteiger charge is -2.38. The lowest BCUT2D eigenvalue weighted by Crippen LogP contribution is -2.26. The molecule has 0 amide bonds. The highest BCUT2D eigenvalue weighted by atomic mass is 31.2. The molecule has 1 heterocycles. The molecule has 0 atom stereocenters. The smallest absolute Gasteiger partial charge is 0.344 e. The van der Waals surface area contributed by atoms with Crippen LogP contribution in [0, 0.1) is 0 Å². The molecule has 1 aliphatic rings. The quantitative estimate of drug-likeness (QED) is 0.410. The van der Waals surface area contributed by atoms with Gasteiger partial charge < -0.3 is 4.90 Å². The lowest BCUT2D eigenvalue weighted by atomic mass is 9.95. The van der Waals surface area contributed by atoms with Crippen LogP contribution in [0.3, 0.4) is 0 Å². The molecule has 0 saturated carbocycles. The molecule has 0 aliphatic carbocycles. The van der Waals surface area contributed by atoms with Gasteiger partial charge in [-0.1, -0.05) is 36.4 Å². The maximum absolute atomic E-state index is 13.4. The number of para-hydroxylation sites is 2. The maximum Gasteiger partial charge on any atom is 0.412 e. The van der Waals surface area contributed by atoms with Gasteiger partial charge >= 0.3 is 19.9 Å². The van der Waals surface area contributed by atoms with E-state index < -0.39 is 38.8 Å². The van der Waals surface area contributed by atoms with E-state index in [0.717, 1.165) is 0 Å². The SMILES string of the molecule is CN1c2ccccc2C(P(=O)(OCC(F)(F)F)OCC(F)(F)F)c2ccccc21. The summed E-state index contributed by atoms with van der Waals surface area (Å²) in [4.78, 5) is 1.71. The monoisotopic (exact) mass is 439 g/mol. The van der Waals surface area contributed by atoms with E-state index in [1.165, 1.54) is 12.1 Å². The molecular weight excluding hydrogens is 423 g/mol. The maximum atomic E-state index is 13.4. The van der Waals surface area contributed by atoms with Crippen LogP contribution in [-0.2, 0) is 13.6 Å². The predicted molar refractivity (Wildman–Crippen MR) is 94.4 cm³/mol. The van der Waals surface area contributed by atoms with Gasteiger partial charge in [-0.15, -0.1) is 0 Å². The van der Waals surface area contributed by atoms with Crippen molar-refractivity contribution >= 4 is 19.0 Å².